The van der Waals surface area contributed by atoms with Gasteiger partial charge in [-0.15, -0.1) is 0 Å². The van der Waals surface area contributed by atoms with E-state index in [1.165, 1.54) is 0 Å². The number of benzene rings is 2. The van der Waals surface area contributed by atoms with Gasteiger partial charge in [-0.1, -0.05) is 17.7 Å². The van der Waals surface area contributed by atoms with Crippen LogP contribution in [0, 0.1) is 13.8 Å². The Morgan fingerprint density at radius 1 is 1.18 bits per heavy atom. The van der Waals surface area contributed by atoms with Gasteiger partial charge in [0.2, 0.25) is 5.89 Å². The Labute approximate surface area is 168 Å². The highest BCUT2D eigenvalue weighted by Crippen LogP contribution is 2.24. The van der Waals surface area contributed by atoms with Crippen LogP contribution in [0.4, 0.5) is 10.5 Å². The molecular weight excluding hydrogens is 378 g/mol. The van der Waals surface area contributed by atoms with Gasteiger partial charge in [-0.3, -0.25) is 0 Å². The van der Waals surface area contributed by atoms with Gasteiger partial charge in [0.05, 0.1) is 13.2 Å². The van der Waals surface area contributed by atoms with Crippen LogP contribution in [0.5, 0.6) is 5.75 Å². The molecule has 0 aliphatic carbocycles. The van der Waals surface area contributed by atoms with E-state index < -0.39 is 0 Å². The maximum Gasteiger partial charge on any atom is 0.319 e. The van der Waals surface area contributed by atoms with E-state index >= 15 is 0 Å². The van der Waals surface area contributed by atoms with Gasteiger partial charge >= 0.3 is 6.03 Å². The smallest absolute Gasteiger partial charge is 0.319 e. The normalized spacial score (nSPS) is 10.6. The monoisotopic (exact) mass is 399 g/mol. The summed E-state index contributed by atoms with van der Waals surface area (Å²) >= 11 is 6.08. The molecule has 0 unspecified atom stereocenters. The average Bonchev–Trinajstić information content (AvgIpc) is 3.05. The number of aryl methyl sites for hydroxylation is 2. The predicted molar refractivity (Wildman–Crippen MR) is 110 cm³/mol. The topological polar surface area (TPSA) is 76.4 Å². The Morgan fingerprint density at radius 3 is 2.61 bits per heavy atom. The third kappa shape index (κ3) is 4.84. The molecule has 0 saturated carbocycles. The second-order valence-electron chi connectivity index (χ2n) is 6.25. The molecule has 7 heteroatoms. The number of halogens is 1. The summed E-state index contributed by atoms with van der Waals surface area (Å²) in [7, 11) is 0. The highest BCUT2D eigenvalue weighted by Gasteiger charge is 2.13. The molecular formula is C21H22ClN3O3. The van der Waals surface area contributed by atoms with E-state index in [9.17, 15) is 4.79 Å². The molecule has 0 atom stereocenters. The molecule has 0 bridgehead atoms. The number of hydrogen-bond acceptors (Lipinski definition) is 4. The van der Waals surface area contributed by atoms with Gasteiger partial charge in [0.1, 0.15) is 17.2 Å². The van der Waals surface area contributed by atoms with E-state index in [4.69, 9.17) is 20.8 Å². The Hall–Kier alpha value is -2.99. The molecule has 2 amide bonds. The zero-order valence-electron chi connectivity index (χ0n) is 16.0. The number of oxazole rings is 1. The van der Waals surface area contributed by atoms with Crippen LogP contribution in [0.1, 0.15) is 23.9 Å². The lowest BCUT2D eigenvalue weighted by Gasteiger charge is -2.08. The average molecular weight is 400 g/mol. The fourth-order valence-corrected chi connectivity index (χ4v) is 2.77. The van der Waals surface area contributed by atoms with Crippen LogP contribution in [0.25, 0.3) is 11.5 Å². The number of rotatable bonds is 6. The molecule has 1 heterocycles. The molecule has 2 N–H and O–H groups in total. The summed E-state index contributed by atoms with van der Waals surface area (Å²) in [6.45, 7) is 6.53. The fraction of sp³-hybridized carbons (Fsp3) is 0.238. The summed E-state index contributed by atoms with van der Waals surface area (Å²) in [5, 5.41) is 6.13. The number of carbonyl (C=O) groups is 1. The molecule has 0 spiro atoms. The van der Waals surface area contributed by atoms with Crippen molar-refractivity contribution in [2.45, 2.75) is 27.3 Å². The number of carbonyl (C=O) groups excluding carboxylic acids is 1. The molecule has 146 valence electrons. The third-order valence-electron chi connectivity index (χ3n) is 4.15. The lowest BCUT2D eigenvalue weighted by atomic mass is 10.2. The molecule has 0 saturated heterocycles. The van der Waals surface area contributed by atoms with Crippen molar-refractivity contribution in [3.8, 4) is 17.2 Å². The largest absolute Gasteiger partial charge is 0.494 e. The van der Waals surface area contributed by atoms with Gasteiger partial charge in [0.15, 0.2) is 0 Å². The van der Waals surface area contributed by atoms with Crippen molar-refractivity contribution in [3.05, 3.63) is 64.5 Å². The Balaban J connectivity index is 1.61. The summed E-state index contributed by atoms with van der Waals surface area (Å²) in [5.41, 5.74) is 3.09. The minimum Gasteiger partial charge on any atom is -0.494 e. The van der Waals surface area contributed by atoms with Crippen molar-refractivity contribution in [1.82, 2.24) is 10.3 Å². The first-order chi connectivity index (χ1) is 13.5. The second-order valence-corrected chi connectivity index (χ2v) is 6.66. The Kier molecular flexibility index (Phi) is 6.21. The summed E-state index contributed by atoms with van der Waals surface area (Å²) < 4.78 is 11.2. The minimum atomic E-state index is -0.343. The first-order valence-electron chi connectivity index (χ1n) is 8.96. The van der Waals surface area contributed by atoms with Crippen LogP contribution in [0.2, 0.25) is 5.02 Å². The maximum atomic E-state index is 12.1. The van der Waals surface area contributed by atoms with Gasteiger partial charge < -0.3 is 19.8 Å². The highest BCUT2D eigenvalue weighted by molar-refractivity contribution is 6.31. The van der Waals surface area contributed by atoms with Gasteiger partial charge in [0.25, 0.3) is 0 Å². The third-order valence-corrected chi connectivity index (χ3v) is 4.56. The first-order valence-corrected chi connectivity index (χ1v) is 9.34. The number of anilines is 1. The molecule has 3 rings (SSSR count). The minimum absolute atomic E-state index is 0.248. The van der Waals surface area contributed by atoms with E-state index in [0.29, 0.717) is 34.7 Å². The van der Waals surface area contributed by atoms with Crippen molar-refractivity contribution >= 4 is 23.3 Å². The molecule has 0 fully saturated rings. The number of urea groups is 1. The van der Waals surface area contributed by atoms with Crippen molar-refractivity contribution in [1.29, 1.82) is 0 Å². The molecule has 6 nitrogen and oxygen atoms in total. The van der Waals surface area contributed by atoms with Crippen molar-refractivity contribution in [3.63, 3.8) is 0 Å². The Morgan fingerprint density at radius 2 is 1.93 bits per heavy atom. The summed E-state index contributed by atoms with van der Waals surface area (Å²) in [4.78, 5) is 16.6. The molecule has 3 aromatic rings. The summed E-state index contributed by atoms with van der Waals surface area (Å²) in [6.07, 6.45) is 0. The van der Waals surface area contributed by atoms with Crippen LogP contribution >= 0.6 is 11.6 Å². The van der Waals surface area contributed by atoms with Gasteiger partial charge in [0, 0.05) is 16.3 Å². The lowest BCUT2D eigenvalue weighted by Crippen LogP contribution is -2.28. The van der Waals surface area contributed by atoms with Crippen LogP contribution < -0.4 is 15.4 Å². The number of amides is 2. The zero-order chi connectivity index (χ0) is 20.1. The maximum absolute atomic E-state index is 12.1. The SMILES string of the molecule is CCOc1ccc(-c2nc(CNC(=O)Nc3ccc(C)c(Cl)c3)c(C)o2)cc1. The van der Waals surface area contributed by atoms with Gasteiger partial charge in [-0.2, -0.15) is 0 Å². The lowest BCUT2D eigenvalue weighted by molar-refractivity contribution is 0.251. The summed E-state index contributed by atoms with van der Waals surface area (Å²) in [6, 6.07) is 12.5. The van der Waals surface area contributed by atoms with Crippen LogP contribution in [-0.4, -0.2) is 17.6 Å². The number of hydrogen-bond donors (Lipinski definition) is 2. The number of aromatic nitrogens is 1. The van der Waals surface area contributed by atoms with E-state index in [2.05, 4.69) is 15.6 Å². The van der Waals surface area contributed by atoms with Crippen molar-refractivity contribution in [2.24, 2.45) is 0 Å². The highest BCUT2D eigenvalue weighted by atomic mass is 35.5. The van der Waals surface area contributed by atoms with Crippen LogP contribution in [0.3, 0.4) is 0 Å². The standard InChI is InChI=1S/C21H22ClN3O3/c1-4-27-17-9-6-15(7-10-17)20-25-19(14(3)28-20)12-23-21(26)24-16-8-5-13(2)18(22)11-16/h5-11H,4,12H2,1-3H3,(H2,23,24,26). The van der Waals surface area contributed by atoms with E-state index in [1.54, 1.807) is 12.1 Å². The number of nitrogens with one attached hydrogen (secondary N) is 2. The quantitative estimate of drug-likeness (QED) is 0.587. The van der Waals surface area contributed by atoms with E-state index in [-0.39, 0.29) is 12.6 Å². The predicted octanol–water partition coefficient (Wildman–Crippen LogP) is 5.33. The van der Waals surface area contributed by atoms with E-state index in [0.717, 1.165) is 16.9 Å². The van der Waals surface area contributed by atoms with Crippen LogP contribution in [-0.2, 0) is 6.54 Å². The molecule has 0 radical (unpaired) electrons. The first kappa shape index (κ1) is 19.8. The van der Waals surface area contributed by atoms with Gasteiger partial charge in [-0.25, -0.2) is 9.78 Å². The number of nitrogens with zero attached hydrogens (tertiary/aromatic N) is 1. The summed E-state index contributed by atoms with van der Waals surface area (Å²) in [5.74, 6) is 1.95. The molecule has 0 aliphatic rings. The van der Waals surface area contributed by atoms with Crippen molar-refractivity contribution < 1.29 is 13.9 Å². The van der Waals surface area contributed by atoms with Crippen molar-refractivity contribution in [2.75, 3.05) is 11.9 Å². The molecule has 1 aromatic heterocycles. The second kappa shape index (κ2) is 8.80. The number of ether oxygens (including phenoxy) is 1. The van der Waals surface area contributed by atoms with Gasteiger partial charge in [-0.05, 0) is 62.7 Å². The Bertz CT molecular complexity index is 968. The molecule has 2 aromatic carbocycles. The fourth-order valence-electron chi connectivity index (χ4n) is 2.59. The zero-order valence-corrected chi connectivity index (χ0v) is 16.8. The van der Waals surface area contributed by atoms with Crippen LogP contribution in [0.15, 0.2) is 46.9 Å². The molecule has 28 heavy (non-hydrogen) atoms. The van der Waals surface area contributed by atoms with E-state index in [1.807, 2.05) is 51.1 Å². The molecule has 0 aliphatic heterocycles.